The Morgan fingerprint density at radius 2 is 1.85 bits per heavy atom. The maximum absolute atomic E-state index is 3.74. The molecule has 0 radical (unpaired) electrons. The number of nitrogens with zero attached hydrogens (tertiary/aromatic N) is 1. The van der Waals surface area contributed by atoms with E-state index in [0.717, 1.165) is 5.92 Å². The van der Waals surface area contributed by atoms with Gasteiger partial charge in [-0.3, -0.25) is 0 Å². The van der Waals surface area contributed by atoms with Crippen LogP contribution in [0.25, 0.3) is 0 Å². The van der Waals surface area contributed by atoms with Gasteiger partial charge in [0.1, 0.15) is 0 Å². The van der Waals surface area contributed by atoms with Crippen molar-refractivity contribution in [2.75, 3.05) is 26.2 Å². The van der Waals surface area contributed by atoms with E-state index in [0.29, 0.717) is 6.04 Å². The first-order valence-corrected chi connectivity index (χ1v) is 8.40. The van der Waals surface area contributed by atoms with E-state index in [1.807, 2.05) is 0 Å². The molecule has 2 heteroatoms. The van der Waals surface area contributed by atoms with E-state index in [9.17, 15) is 0 Å². The minimum absolute atomic E-state index is 0.626. The molecule has 110 valence electrons. The van der Waals surface area contributed by atoms with Crippen LogP contribution in [0.1, 0.15) is 37.7 Å². The van der Waals surface area contributed by atoms with Gasteiger partial charge in [0, 0.05) is 19.1 Å². The number of benzene rings is 1. The summed E-state index contributed by atoms with van der Waals surface area (Å²) < 4.78 is 0. The van der Waals surface area contributed by atoms with Crippen LogP contribution in [0.5, 0.6) is 0 Å². The summed E-state index contributed by atoms with van der Waals surface area (Å²) in [6, 6.07) is 11.6. The Hall–Kier alpha value is -0.860. The summed E-state index contributed by atoms with van der Waals surface area (Å²) in [5, 5.41) is 3.74. The SMILES string of the molecule is c1ccc(CC2CN(CC3CCCC3)CCCN2)cc1. The zero-order valence-electron chi connectivity index (χ0n) is 12.6. The molecular formula is C18H28N2. The van der Waals surface area contributed by atoms with Crippen LogP contribution >= 0.6 is 0 Å². The molecule has 1 N–H and O–H groups in total. The first kappa shape index (κ1) is 14.1. The average molecular weight is 272 g/mol. The van der Waals surface area contributed by atoms with Crippen molar-refractivity contribution < 1.29 is 0 Å². The minimum Gasteiger partial charge on any atom is -0.312 e. The van der Waals surface area contributed by atoms with Crippen molar-refractivity contribution in [3.05, 3.63) is 35.9 Å². The number of hydrogen-bond donors (Lipinski definition) is 1. The highest BCUT2D eigenvalue weighted by atomic mass is 15.2. The molecule has 1 aliphatic heterocycles. The third kappa shape index (κ3) is 4.07. The van der Waals surface area contributed by atoms with Gasteiger partial charge in [-0.25, -0.2) is 0 Å². The van der Waals surface area contributed by atoms with Gasteiger partial charge in [-0.05, 0) is 50.3 Å². The molecule has 1 aromatic carbocycles. The monoisotopic (exact) mass is 272 g/mol. The van der Waals surface area contributed by atoms with E-state index in [-0.39, 0.29) is 0 Å². The van der Waals surface area contributed by atoms with Gasteiger partial charge in [0.15, 0.2) is 0 Å². The quantitative estimate of drug-likeness (QED) is 0.906. The molecule has 2 fully saturated rings. The predicted molar refractivity (Wildman–Crippen MR) is 85.0 cm³/mol. The van der Waals surface area contributed by atoms with Crippen molar-refractivity contribution in [2.24, 2.45) is 5.92 Å². The molecule has 0 aromatic heterocycles. The molecule has 20 heavy (non-hydrogen) atoms. The average Bonchev–Trinajstić information content (AvgIpc) is 2.87. The third-order valence-corrected chi connectivity index (χ3v) is 4.88. The van der Waals surface area contributed by atoms with Gasteiger partial charge in [-0.1, -0.05) is 43.2 Å². The summed E-state index contributed by atoms with van der Waals surface area (Å²) >= 11 is 0. The molecule has 3 rings (SSSR count). The van der Waals surface area contributed by atoms with Crippen molar-refractivity contribution in [2.45, 2.75) is 44.6 Å². The molecule has 1 atom stereocenters. The smallest absolute Gasteiger partial charge is 0.0235 e. The lowest BCUT2D eigenvalue weighted by Gasteiger charge is -2.27. The van der Waals surface area contributed by atoms with Crippen LogP contribution in [0.2, 0.25) is 0 Å². The molecule has 0 bridgehead atoms. The van der Waals surface area contributed by atoms with E-state index in [2.05, 4.69) is 40.5 Å². The second-order valence-corrected chi connectivity index (χ2v) is 6.60. The van der Waals surface area contributed by atoms with Crippen LogP contribution in [0.3, 0.4) is 0 Å². The molecule has 0 spiro atoms. The Labute approximate surface area is 123 Å². The van der Waals surface area contributed by atoms with Gasteiger partial charge in [-0.2, -0.15) is 0 Å². The normalized spacial score (nSPS) is 25.7. The predicted octanol–water partition coefficient (Wildman–Crippen LogP) is 3.08. The van der Waals surface area contributed by atoms with Crippen LogP contribution in [-0.2, 0) is 6.42 Å². The molecule has 2 aliphatic rings. The highest BCUT2D eigenvalue weighted by Gasteiger charge is 2.22. The summed E-state index contributed by atoms with van der Waals surface area (Å²) in [4.78, 5) is 2.73. The lowest BCUT2D eigenvalue weighted by molar-refractivity contribution is 0.227. The first-order chi connectivity index (χ1) is 9.90. The Morgan fingerprint density at radius 1 is 1.05 bits per heavy atom. The van der Waals surface area contributed by atoms with Crippen molar-refractivity contribution in [1.82, 2.24) is 10.2 Å². The van der Waals surface area contributed by atoms with E-state index < -0.39 is 0 Å². The summed E-state index contributed by atoms with van der Waals surface area (Å²) in [7, 11) is 0. The van der Waals surface area contributed by atoms with Crippen LogP contribution in [-0.4, -0.2) is 37.1 Å². The van der Waals surface area contributed by atoms with Crippen molar-refractivity contribution in [3.63, 3.8) is 0 Å². The molecule has 1 aromatic rings. The third-order valence-electron chi connectivity index (χ3n) is 4.88. The van der Waals surface area contributed by atoms with Gasteiger partial charge in [0.05, 0.1) is 0 Å². The van der Waals surface area contributed by atoms with E-state index in [1.54, 1.807) is 0 Å². The zero-order valence-corrected chi connectivity index (χ0v) is 12.6. The van der Waals surface area contributed by atoms with Crippen LogP contribution < -0.4 is 5.32 Å². The molecule has 1 heterocycles. The number of nitrogens with one attached hydrogen (secondary N) is 1. The summed E-state index contributed by atoms with van der Waals surface area (Å²) in [6.07, 6.45) is 8.33. The lowest BCUT2D eigenvalue weighted by atomic mass is 10.0. The number of hydrogen-bond acceptors (Lipinski definition) is 2. The van der Waals surface area contributed by atoms with E-state index >= 15 is 0 Å². The second kappa shape index (κ2) is 7.24. The Bertz CT molecular complexity index is 384. The van der Waals surface area contributed by atoms with E-state index in [1.165, 1.54) is 70.3 Å². The lowest BCUT2D eigenvalue weighted by Crippen LogP contribution is -2.40. The van der Waals surface area contributed by atoms with Crippen molar-refractivity contribution >= 4 is 0 Å². The first-order valence-electron chi connectivity index (χ1n) is 8.40. The van der Waals surface area contributed by atoms with Gasteiger partial charge >= 0.3 is 0 Å². The fraction of sp³-hybridized carbons (Fsp3) is 0.667. The molecular weight excluding hydrogens is 244 g/mol. The van der Waals surface area contributed by atoms with E-state index in [4.69, 9.17) is 0 Å². The Morgan fingerprint density at radius 3 is 2.65 bits per heavy atom. The van der Waals surface area contributed by atoms with Crippen LogP contribution in [0.4, 0.5) is 0 Å². The summed E-state index contributed by atoms with van der Waals surface area (Å²) in [6.45, 7) is 5.03. The molecule has 2 nitrogen and oxygen atoms in total. The van der Waals surface area contributed by atoms with Gasteiger partial charge in [0.25, 0.3) is 0 Å². The fourth-order valence-corrected chi connectivity index (χ4v) is 3.84. The highest BCUT2D eigenvalue weighted by molar-refractivity contribution is 5.16. The van der Waals surface area contributed by atoms with Crippen LogP contribution in [0, 0.1) is 5.92 Å². The van der Waals surface area contributed by atoms with Crippen molar-refractivity contribution in [3.8, 4) is 0 Å². The van der Waals surface area contributed by atoms with Gasteiger partial charge < -0.3 is 10.2 Å². The largest absolute Gasteiger partial charge is 0.312 e. The van der Waals surface area contributed by atoms with Gasteiger partial charge in [0.2, 0.25) is 0 Å². The summed E-state index contributed by atoms with van der Waals surface area (Å²) in [5.41, 5.74) is 1.47. The molecule has 1 aliphatic carbocycles. The Balaban J connectivity index is 1.54. The Kier molecular flexibility index (Phi) is 5.10. The standard InChI is InChI=1S/C18H28N2/c1-2-7-16(8-3-1)13-18-15-20(12-6-11-19-18)14-17-9-4-5-10-17/h1-3,7-8,17-19H,4-6,9-15H2. The number of rotatable bonds is 4. The minimum atomic E-state index is 0.626. The topological polar surface area (TPSA) is 15.3 Å². The zero-order chi connectivity index (χ0) is 13.6. The molecule has 1 saturated carbocycles. The molecule has 1 unspecified atom stereocenters. The van der Waals surface area contributed by atoms with Crippen molar-refractivity contribution in [1.29, 1.82) is 0 Å². The molecule has 1 saturated heterocycles. The van der Waals surface area contributed by atoms with Crippen LogP contribution in [0.15, 0.2) is 30.3 Å². The fourth-order valence-electron chi connectivity index (χ4n) is 3.84. The molecule has 0 amide bonds. The highest BCUT2D eigenvalue weighted by Crippen LogP contribution is 2.25. The van der Waals surface area contributed by atoms with Gasteiger partial charge in [-0.15, -0.1) is 0 Å². The summed E-state index contributed by atoms with van der Waals surface area (Å²) in [5.74, 6) is 0.977. The maximum atomic E-state index is 3.74. The second-order valence-electron chi connectivity index (χ2n) is 6.60. The maximum Gasteiger partial charge on any atom is 0.0235 e.